The number of anilines is 1. The predicted octanol–water partition coefficient (Wildman–Crippen LogP) is 1.90. The van der Waals surface area contributed by atoms with Crippen molar-refractivity contribution in [3.63, 3.8) is 0 Å². The third-order valence-electron chi connectivity index (χ3n) is 7.50. The lowest BCUT2D eigenvalue weighted by Gasteiger charge is -2.46. The second kappa shape index (κ2) is 11.2. The summed E-state index contributed by atoms with van der Waals surface area (Å²) >= 11 is 0. The average molecular weight is 561 g/mol. The second-order valence-electron chi connectivity index (χ2n) is 10.7. The summed E-state index contributed by atoms with van der Waals surface area (Å²) in [5, 5.41) is 13.7. The highest BCUT2D eigenvalue weighted by atomic mass is 19.1. The maximum atomic E-state index is 15.3. The van der Waals surface area contributed by atoms with E-state index in [9.17, 15) is 14.9 Å². The van der Waals surface area contributed by atoms with Gasteiger partial charge in [0.05, 0.1) is 26.4 Å². The number of carbonyl (C=O) groups is 2. The minimum atomic E-state index is -2.03. The third kappa shape index (κ3) is 5.45. The molecule has 0 saturated carbocycles. The molecule has 0 spiro atoms. The van der Waals surface area contributed by atoms with E-state index in [1.807, 2.05) is 50.3 Å². The fraction of sp³-hybridized carbons (Fsp3) is 0.414. The van der Waals surface area contributed by atoms with Crippen LogP contribution in [0.4, 0.5) is 10.2 Å². The Morgan fingerprint density at radius 3 is 2.56 bits per heavy atom. The lowest BCUT2D eigenvalue weighted by molar-refractivity contribution is -0.162. The number of aryl methyl sites for hydroxylation is 1. The van der Waals surface area contributed by atoms with Gasteiger partial charge in [0, 0.05) is 61.8 Å². The standard InChI is InChI=1S/C29H33FN8O3/c1-20-23(21-14-24(41-4)27-22(15-31)16-32-38(27)17-21)7-8-25(33-20)35-10-12-36(13-11-35)28(40)29(30)18-37(19-29)26(39)6-5-9-34(2)3/h5-8,14,16-17H,9-13,18-19H2,1-4H3/b6-5+. The number of ether oxygens (including phenoxy) is 1. The topological polar surface area (TPSA) is 110 Å². The van der Waals surface area contributed by atoms with Crippen molar-refractivity contribution in [1.82, 2.24) is 29.3 Å². The number of likely N-dealkylation sites (N-methyl/N-ethyl adjacent to an activating group) is 1. The zero-order chi connectivity index (χ0) is 29.3. The molecule has 2 fully saturated rings. The van der Waals surface area contributed by atoms with Gasteiger partial charge >= 0.3 is 0 Å². The van der Waals surface area contributed by atoms with Crippen LogP contribution in [0.15, 0.2) is 42.7 Å². The van der Waals surface area contributed by atoms with Gasteiger partial charge in [0.2, 0.25) is 11.6 Å². The number of methoxy groups -OCH3 is 1. The Balaban J connectivity index is 1.21. The monoisotopic (exact) mass is 560 g/mol. The van der Waals surface area contributed by atoms with E-state index in [1.54, 1.807) is 22.6 Å². The first-order chi connectivity index (χ1) is 19.6. The molecule has 3 aromatic heterocycles. The Morgan fingerprint density at radius 1 is 1.20 bits per heavy atom. The van der Waals surface area contributed by atoms with Crippen LogP contribution < -0.4 is 9.64 Å². The highest BCUT2D eigenvalue weighted by Crippen LogP contribution is 2.32. The maximum absolute atomic E-state index is 15.3. The first-order valence-electron chi connectivity index (χ1n) is 13.4. The van der Waals surface area contributed by atoms with Gasteiger partial charge < -0.3 is 24.3 Å². The fourth-order valence-corrected chi connectivity index (χ4v) is 5.24. The number of halogens is 1. The predicted molar refractivity (Wildman–Crippen MR) is 151 cm³/mol. The van der Waals surface area contributed by atoms with E-state index in [2.05, 4.69) is 16.1 Å². The van der Waals surface area contributed by atoms with E-state index in [1.165, 1.54) is 17.2 Å². The van der Waals surface area contributed by atoms with Gasteiger partial charge in [-0.3, -0.25) is 9.59 Å². The first kappa shape index (κ1) is 28.0. The second-order valence-corrected chi connectivity index (χ2v) is 10.7. The number of fused-ring (bicyclic) bond motifs is 1. The number of hydrogen-bond acceptors (Lipinski definition) is 8. The molecule has 2 aliphatic rings. The number of carbonyl (C=O) groups excluding carboxylic acids is 2. The zero-order valence-electron chi connectivity index (χ0n) is 23.7. The summed E-state index contributed by atoms with van der Waals surface area (Å²) < 4.78 is 22.5. The van der Waals surface area contributed by atoms with Gasteiger partial charge in [-0.2, -0.15) is 10.4 Å². The largest absolute Gasteiger partial charge is 0.494 e. The molecule has 12 heteroatoms. The average Bonchev–Trinajstić information content (AvgIpc) is 3.37. The van der Waals surface area contributed by atoms with Gasteiger partial charge in [0.1, 0.15) is 28.7 Å². The van der Waals surface area contributed by atoms with Crippen LogP contribution >= 0.6 is 0 Å². The fourth-order valence-electron chi connectivity index (χ4n) is 5.24. The molecular weight excluding hydrogens is 527 g/mol. The molecular formula is C29H33FN8O3. The van der Waals surface area contributed by atoms with Crippen LogP contribution in [0.3, 0.4) is 0 Å². The first-order valence-corrected chi connectivity index (χ1v) is 13.4. The van der Waals surface area contributed by atoms with Crippen molar-refractivity contribution in [3.05, 3.63) is 54.0 Å². The molecule has 214 valence electrons. The summed E-state index contributed by atoms with van der Waals surface area (Å²) in [6.07, 6.45) is 6.51. The SMILES string of the molecule is COc1cc(-c2ccc(N3CCN(C(=O)C4(F)CN(C(=O)/C=C/CN(C)C)C4)CC3)nc2C)cn2ncc(C#N)c12. The van der Waals surface area contributed by atoms with Crippen LogP contribution in [0.1, 0.15) is 11.3 Å². The van der Waals surface area contributed by atoms with E-state index >= 15 is 4.39 Å². The summed E-state index contributed by atoms with van der Waals surface area (Å²) in [4.78, 5) is 36.9. The lowest BCUT2D eigenvalue weighted by atomic mass is 9.94. The summed E-state index contributed by atoms with van der Waals surface area (Å²) in [5.41, 5.74) is 1.57. The van der Waals surface area contributed by atoms with Crippen LogP contribution in [-0.2, 0) is 9.59 Å². The molecule has 5 rings (SSSR count). The summed E-state index contributed by atoms with van der Waals surface area (Å²) in [7, 11) is 5.34. The summed E-state index contributed by atoms with van der Waals surface area (Å²) in [6, 6.07) is 7.91. The molecule has 0 N–H and O–H groups in total. The highest BCUT2D eigenvalue weighted by Gasteiger charge is 2.53. The zero-order valence-corrected chi connectivity index (χ0v) is 23.7. The van der Waals surface area contributed by atoms with Crippen molar-refractivity contribution in [2.24, 2.45) is 0 Å². The van der Waals surface area contributed by atoms with Crippen LogP contribution in [0.25, 0.3) is 16.6 Å². The van der Waals surface area contributed by atoms with E-state index in [0.29, 0.717) is 49.6 Å². The number of hydrogen-bond donors (Lipinski definition) is 0. The Kier molecular flexibility index (Phi) is 7.64. The molecule has 0 atom stereocenters. The van der Waals surface area contributed by atoms with Crippen molar-refractivity contribution in [3.8, 4) is 22.9 Å². The van der Waals surface area contributed by atoms with Gasteiger partial charge in [0.25, 0.3) is 5.91 Å². The molecule has 2 amide bonds. The van der Waals surface area contributed by atoms with Gasteiger partial charge in [-0.25, -0.2) is 13.9 Å². The lowest BCUT2D eigenvalue weighted by Crippen LogP contribution is -2.68. The van der Waals surface area contributed by atoms with Gasteiger partial charge in [-0.15, -0.1) is 0 Å². The Morgan fingerprint density at radius 2 is 1.93 bits per heavy atom. The number of pyridine rings is 2. The summed E-state index contributed by atoms with van der Waals surface area (Å²) in [6.45, 7) is 3.89. The van der Waals surface area contributed by atoms with Crippen LogP contribution in [0.5, 0.6) is 5.75 Å². The number of rotatable bonds is 7. The van der Waals surface area contributed by atoms with Gasteiger partial charge in [0.15, 0.2) is 0 Å². The molecule has 5 heterocycles. The number of nitriles is 1. The Labute approximate surface area is 238 Å². The Bertz CT molecular complexity index is 1550. The minimum Gasteiger partial charge on any atom is -0.494 e. The van der Waals surface area contributed by atoms with Crippen LogP contribution in [0, 0.1) is 18.3 Å². The number of aromatic nitrogens is 3. The van der Waals surface area contributed by atoms with Crippen molar-refractivity contribution >= 4 is 23.1 Å². The smallest absolute Gasteiger partial charge is 0.264 e. The highest BCUT2D eigenvalue weighted by molar-refractivity contribution is 5.93. The third-order valence-corrected chi connectivity index (χ3v) is 7.50. The summed E-state index contributed by atoms with van der Waals surface area (Å²) in [5.74, 6) is 0.487. The maximum Gasteiger partial charge on any atom is 0.264 e. The molecule has 0 radical (unpaired) electrons. The normalized spacial score (nSPS) is 16.8. The van der Waals surface area contributed by atoms with Crippen molar-refractivity contribution in [2.75, 3.05) is 71.9 Å². The molecule has 0 aromatic carbocycles. The molecule has 2 aliphatic heterocycles. The van der Waals surface area contributed by atoms with E-state index in [0.717, 1.165) is 22.6 Å². The molecule has 0 unspecified atom stereocenters. The molecule has 11 nitrogen and oxygen atoms in total. The molecule has 0 aliphatic carbocycles. The Hall–Kier alpha value is -4.50. The van der Waals surface area contributed by atoms with E-state index in [4.69, 9.17) is 9.72 Å². The molecule has 3 aromatic rings. The number of nitrogens with zero attached hydrogens (tertiary/aromatic N) is 8. The van der Waals surface area contributed by atoms with Gasteiger partial charge in [-0.05, 0) is 39.2 Å². The number of amides is 2. The number of piperazine rings is 1. The van der Waals surface area contributed by atoms with E-state index in [-0.39, 0.29) is 19.0 Å². The molecule has 2 saturated heterocycles. The van der Waals surface area contributed by atoms with Crippen LogP contribution in [-0.4, -0.2) is 114 Å². The minimum absolute atomic E-state index is 0.216. The van der Waals surface area contributed by atoms with E-state index < -0.39 is 11.6 Å². The number of likely N-dealkylation sites (tertiary alicyclic amines) is 1. The van der Waals surface area contributed by atoms with Crippen LogP contribution in [0.2, 0.25) is 0 Å². The molecule has 0 bridgehead atoms. The quantitative estimate of drug-likeness (QED) is 0.403. The van der Waals surface area contributed by atoms with Crippen molar-refractivity contribution in [2.45, 2.75) is 12.6 Å². The van der Waals surface area contributed by atoms with Gasteiger partial charge in [-0.1, -0.05) is 6.08 Å². The molecule has 41 heavy (non-hydrogen) atoms. The van der Waals surface area contributed by atoms with Crippen molar-refractivity contribution in [1.29, 1.82) is 5.26 Å². The van der Waals surface area contributed by atoms with Crippen molar-refractivity contribution < 1.29 is 18.7 Å². The number of alkyl halides is 1.